The van der Waals surface area contributed by atoms with Gasteiger partial charge in [0.2, 0.25) is 0 Å². The molecule has 0 bridgehead atoms. The maximum Gasteiger partial charge on any atom is 0.0949 e. The fourth-order valence-corrected chi connectivity index (χ4v) is 1.16. The minimum Gasteiger partial charge on any atom is -0.301 e. The summed E-state index contributed by atoms with van der Waals surface area (Å²) in [5.74, 6) is 0. The van der Waals surface area contributed by atoms with Crippen LogP contribution >= 0.6 is 0 Å². The van der Waals surface area contributed by atoms with Crippen molar-refractivity contribution in [1.29, 1.82) is 0 Å². The average molecular weight is 158 g/mol. The van der Waals surface area contributed by atoms with E-state index in [0.717, 1.165) is 26.1 Å². The third kappa shape index (κ3) is 6.32. The molecule has 1 radical (unpaired) electrons. The summed E-state index contributed by atoms with van der Waals surface area (Å²) >= 11 is 0. The smallest absolute Gasteiger partial charge is 0.0949 e. The van der Waals surface area contributed by atoms with Crippen LogP contribution in [0.2, 0.25) is 0 Å². The molecule has 0 aliphatic heterocycles. The van der Waals surface area contributed by atoms with E-state index in [1.165, 1.54) is 12.8 Å². The van der Waals surface area contributed by atoms with Gasteiger partial charge in [-0.05, 0) is 25.9 Å². The lowest BCUT2D eigenvalue weighted by Crippen LogP contribution is -2.28. The Bertz CT molecular complexity index is 70.0. The summed E-state index contributed by atoms with van der Waals surface area (Å²) in [5.41, 5.74) is 0. The van der Waals surface area contributed by atoms with E-state index in [2.05, 4.69) is 18.7 Å². The molecule has 0 saturated heterocycles. The molecule has 0 unspecified atom stereocenters. The van der Waals surface area contributed by atoms with Crippen molar-refractivity contribution in [3.63, 3.8) is 0 Å². The predicted octanol–water partition coefficient (Wildman–Crippen LogP) is 1.93. The molecule has 0 fully saturated rings. The van der Waals surface area contributed by atoms with Crippen molar-refractivity contribution in [3.05, 3.63) is 0 Å². The van der Waals surface area contributed by atoms with Gasteiger partial charge in [-0.2, -0.15) is 0 Å². The molecule has 0 amide bonds. The van der Waals surface area contributed by atoms with E-state index in [0.29, 0.717) is 0 Å². The SMILES string of the molecule is CCCCN(CCC)CC[O]. The van der Waals surface area contributed by atoms with Gasteiger partial charge in [-0.1, -0.05) is 20.3 Å². The van der Waals surface area contributed by atoms with Crippen LogP contribution in [0.25, 0.3) is 0 Å². The number of nitrogens with zero attached hydrogens (tertiary/aromatic N) is 1. The second-order valence-corrected chi connectivity index (χ2v) is 2.90. The Morgan fingerprint density at radius 2 is 1.73 bits per heavy atom. The maximum atomic E-state index is 10.3. The van der Waals surface area contributed by atoms with Gasteiger partial charge < -0.3 is 4.90 Å². The molecule has 0 spiro atoms. The summed E-state index contributed by atoms with van der Waals surface area (Å²) in [5, 5.41) is 10.3. The largest absolute Gasteiger partial charge is 0.301 e. The van der Waals surface area contributed by atoms with Crippen LogP contribution in [-0.4, -0.2) is 31.1 Å². The summed E-state index contributed by atoms with van der Waals surface area (Å²) in [7, 11) is 0. The van der Waals surface area contributed by atoms with Crippen LogP contribution in [-0.2, 0) is 5.11 Å². The second kappa shape index (κ2) is 8.02. The van der Waals surface area contributed by atoms with E-state index in [4.69, 9.17) is 0 Å². The summed E-state index contributed by atoms with van der Waals surface area (Å²) in [6.07, 6.45) is 3.60. The number of hydrogen-bond acceptors (Lipinski definition) is 1. The van der Waals surface area contributed by atoms with Crippen molar-refractivity contribution in [2.75, 3.05) is 26.2 Å². The van der Waals surface area contributed by atoms with Gasteiger partial charge in [0.1, 0.15) is 0 Å². The molecule has 2 heteroatoms. The third-order valence-electron chi connectivity index (χ3n) is 1.78. The van der Waals surface area contributed by atoms with Crippen LogP contribution in [0.4, 0.5) is 0 Å². The molecule has 0 rings (SSSR count). The lowest BCUT2D eigenvalue weighted by Gasteiger charge is -2.19. The van der Waals surface area contributed by atoms with Gasteiger partial charge in [-0.15, -0.1) is 0 Å². The van der Waals surface area contributed by atoms with Crippen molar-refractivity contribution >= 4 is 0 Å². The van der Waals surface area contributed by atoms with Crippen LogP contribution in [0.5, 0.6) is 0 Å². The monoisotopic (exact) mass is 158 g/mol. The highest BCUT2D eigenvalue weighted by Gasteiger charge is 2.00. The van der Waals surface area contributed by atoms with Gasteiger partial charge in [0.15, 0.2) is 0 Å². The molecule has 0 aromatic carbocycles. The van der Waals surface area contributed by atoms with Crippen LogP contribution in [0, 0.1) is 0 Å². The quantitative estimate of drug-likeness (QED) is 0.555. The Hall–Kier alpha value is -0.0800. The molecule has 0 aromatic heterocycles. The van der Waals surface area contributed by atoms with Crippen molar-refractivity contribution < 1.29 is 5.11 Å². The van der Waals surface area contributed by atoms with E-state index in [9.17, 15) is 5.11 Å². The zero-order valence-electron chi connectivity index (χ0n) is 7.81. The molecule has 0 atom stereocenters. The van der Waals surface area contributed by atoms with Crippen LogP contribution in [0.1, 0.15) is 33.1 Å². The Morgan fingerprint density at radius 1 is 1.00 bits per heavy atom. The number of rotatable bonds is 7. The molecule has 0 saturated carbocycles. The first-order valence-corrected chi connectivity index (χ1v) is 4.65. The van der Waals surface area contributed by atoms with E-state index < -0.39 is 0 Å². The van der Waals surface area contributed by atoms with Gasteiger partial charge in [-0.25, -0.2) is 5.11 Å². The van der Waals surface area contributed by atoms with Crippen LogP contribution < -0.4 is 0 Å². The highest BCUT2D eigenvalue weighted by molar-refractivity contribution is 4.55. The zero-order valence-corrected chi connectivity index (χ0v) is 7.81. The highest BCUT2D eigenvalue weighted by Crippen LogP contribution is 1.95. The fourth-order valence-electron chi connectivity index (χ4n) is 1.16. The van der Waals surface area contributed by atoms with E-state index in [-0.39, 0.29) is 6.61 Å². The topological polar surface area (TPSA) is 23.1 Å². The molecule has 0 aliphatic rings. The molecule has 2 nitrogen and oxygen atoms in total. The standard InChI is InChI=1S/C9H20NO/c1-3-5-7-10(6-4-2)8-9-11/h3-9H2,1-2H3. The van der Waals surface area contributed by atoms with E-state index in [1.807, 2.05) is 0 Å². The fraction of sp³-hybridized carbons (Fsp3) is 1.00. The van der Waals surface area contributed by atoms with Crippen LogP contribution in [0.15, 0.2) is 0 Å². The summed E-state index contributed by atoms with van der Waals surface area (Å²) < 4.78 is 0. The summed E-state index contributed by atoms with van der Waals surface area (Å²) in [6.45, 7) is 7.30. The molecule has 0 aromatic rings. The first-order chi connectivity index (χ1) is 5.35. The highest BCUT2D eigenvalue weighted by atomic mass is 16.3. The van der Waals surface area contributed by atoms with E-state index in [1.54, 1.807) is 0 Å². The van der Waals surface area contributed by atoms with Crippen molar-refractivity contribution in [2.24, 2.45) is 0 Å². The molecule has 67 valence electrons. The predicted molar refractivity (Wildman–Crippen MR) is 47.2 cm³/mol. The first kappa shape index (κ1) is 10.9. The summed E-state index contributed by atoms with van der Waals surface area (Å²) in [4.78, 5) is 2.26. The lowest BCUT2D eigenvalue weighted by molar-refractivity contribution is 0.139. The van der Waals surface area contributed by atoms with Crippen LogP contribution in [0.3, 0.4) is 0 Å². The summed E-state index contributed by atoms with van der Waals surface area (Å²) in [6, 6.07) is 0. The second-order valence-electron chi connectivity index (χ2n) is 2.90. The molecule has 0 heterocycles. The number of hydrogen-bond donors (Lipinski definition) is 0. The Labute approximate surface area is 70.2 Å². The lowest BCUT2D eigenvalue weighted by atomic mass is 10.3. The Balaban J connectivity index is 3.34. The first-order valence-electron chi connectivity index (χ1n) is 4.65. The Morgan fingerprint density at radius 3 is 2.18 bits per heavy atom. The average Bonchev–Trinajstić information content (AvgIpc) is 2.01. The van der Waals surface area contributed by atoms with Gasteiger partial charge in [0.05, 0.1) is 6.61 Å². The van der Waals surface area contributed by atoms with Crippen molar-refractivity contribution in [2.45, 2.75) is 33.1 Å². The third-order valence-corrected chi connectivity index (χ3v) is 1.78. The molecule has 0 N–H and O–H groups in total. The normalized spacial score (nSPS) is 10.9. The number of unbranched alkanes of at least 4 members (excludes halogenated alkanes) is 1. The van der Waals surface area contributed by atoms with Gasteiger partial charge in [-0.3, -0.25) is 0 Å². The zero-order chi connectivity index (χ0) is 8.53. The minimum atomic E-state index is 0.0454. The minimum absolute atomic E-state index is 0.0454. The molecular formula is C9H20NO. The van der Waals surface area contributed by atoms with Gasteiger partial charge >= 0.3 is 0 Å². The van der Waals surface area contributed by atoms with Crippen molar-refractivity contribution in [1.82, 2.24) is 4.90 Å². The van der Waals surface area contributed by atoms with Gasteiger partial charge in [0, 0.05) is 6.54 Å². The van der Waals surface area contributed by atoms with Gasteiger partial charge in [0.25, 0.3) is 0 Å². The van der Waals surface area contributed by atoms with Crippen molar-refractivity contribution in [3.8, 4) is 0 Å². The molecule has 0 aliphatic carbocycles. The van der Waals surface area contributed by atoms with E-state index >= 15 is 0 Å². The molecular weight excluding hydrogens is 138 g/mol. The Kier molecular flexibility index (Phi) is 7.96. The maximum absolute atomic E-state index is 10.3. The molecule has 11 heavy (non-hydrogen) atoms.